The lowest BCUT2D eigenvalue weighted by molar-refractivity contribution is -0.118. The molecule has 0 aromatic carbocycles. The number of hydrogen-bond donors (Lipinski definition) is 2. The van der Waals surface area contributed by atoms with Crippen LogP contribution in [0.5, 0.6) is 0 Å². The Morgan fingerprint density at radius 3 is 2.79 bits per heavy atom. The molecule has 5 heteroatoms. The van der Waals surface area contributed by atoms with Crippen LogP contribution in [0.1, 0.15) is 38.0 Å². The smallest absolute Gasteiger partial charge is 0.219 e. The molecule has 1 amide bonds. The van der Waals surface area contributed by atoms with Crippen LogP contribution in [0.4, 0.5) is 0 Å². The molecule has 78 valence electrons. The lowest BCUT2D eigenvalue weighted by atomic mass is 10.1. The Morgan fingerprint density at radius 2 is 2.29 bits per heavy atom. The molecule has 0 aliphatic heterocycles. The third-order valence-corrected chi connectivity index (χ3v) is 2.05. The number of hydrogen-bond acceptors (Lipinski definition) is 3. The van der Waals surface area contributed by atoms with Crippen LogP contribution in [-0.4, -0.2) is 15.5 Å². The summed E-state index contributed by atoms with van der Waals surface area (Å²) in [6.07, 6.45) is 3.53. The Hall–Kier alpha value is -1.36. The zero-order chi connectivity index (χ0) is 10.7. The first-order chi connectivity index (χ1) is 6.52. The summed E-state index contributed by atoms with van der Waals surface area (Å²) in [4.78, 5) is 14.7. The summed E-state index contributed by atoms with van der Waals surface area (Å²) in [7, 11) is 0. The van der Waals surface area contributed by atoms with Gasteiger partial charge in [-0.15, -0.1) is 0 Å². The first-order valence-corrected chi connectivity index (χ1v) is 4.58. The van der Waals surface area contributed by atoms with E-state index in [4.69, 9.17) is 11.5 Å². The summed E-state index contributed by atoms with van der Waals surface area (Å²) in [6.45, 7) is 4.06. The monoisotopic (exact) mass is 196 g/mol. The highest BCUT2D eigenvalue weighted by molar-refractivity contribution is 5.74. The van der Waals surface area contributed by atoms with Crippen LogP contribution in [0.3, 0.4) is 0 Å². The number of carbonyl (C=O) groups excluding carboxylic acids is 1. The van der Waals surface area contributed by atoms with Gasteiger partial charge in [0, 0.05) is 18.7 Å². The van der Waals surface area contributed by atoms with E-state index in [0.717, 1.165) is 5.69 Å². The topological polar surface area (TPSA) is 86.9 Å². The van der Waals surface area contributed by atoms with Gasteiger partial charge in [0.15, 0.2) is 0 Å². The van der Waals surface area contributed by atoms with E-state index in [-0.39, 0.29) is 18.5 Å². The molecule has 1 heterocycles. The molecule has 1 rings (SSSR count). The summed E-state index contributed by atoms with van der Waals surface area (Å²) in [5.74, 6) is -0.394. The van der Waals surface area contributed by atoms with Crippen molar-refractivity contribution in [3.63, 3.8) is 0 Å². The van der Waals surface area contributed by atoms with E-state index < -0.39 is 5.91 Å². The zero-order valence-electron chi connectivity index (χ0n) is 8.47. The number of aromatic nitrogens is 2. The second-order valence-electron chi connectivity index (χ2n) is 3.60. The van der Waals surface area contributed by atoms with Crippen LogP contribution in [0, 0.1) is 0 Å². The Bertz CT molecular complexity index is 318. The Morgan fingerprint density at radius 1 is 1.64 bits per heavy atom. The Labute approximate surface area is 83.1 Å². The normalized spacial score (nSPS) is 13.1. The molecule has 0 fully saturated rings. The molecule has 0 spiro atoms. The summed E-state index contributed by atoms with van der Waals surface area (Å²) < 4.78 is 1.94. The SMILES string of the molecule is CC(C)n1cncc1[C@@H](N)CC(N)=O. The summed E-state index contributed by atoms with van der Waals surface area (Å²) in [5.41, 5.74) is 11.7. The molecule has 0 radical (unpaired) electrons. The molecule has 14 heavy (non-hydrogen) atoms. The lowest BCUT2D eigenvalue weighted by Gasteiger charge is -2.15. The van der Waals surface area contributed by atoms with E-state index >= 15 is 0 Å². The van der Waals surface area contributed by atoms with Crippen molar-refractivity contribution in [1.29, 1.82) is 0 Å². The van der Waals surface area contributed by atoms with Crippen molar-refractivity contribution in [2.75, 3.05) is 0 Å². The maximum absolute atomic E-state index is 10.7. The number of amides is 1. The molecule has 0 aliphatic carbocycles. The van der Waals surface area contributed by atoms with E-state index in [2.05, 4.69) is 4.98 Å². The highest BCUT2D eigenvalue weighted by Crippen LogP contribution is 2.17. The molecule has 5 nitrogen and oxygen atoms in total. The van der Waals surface area contributed by atoms with Gasteiger partial charge < -0.3 is 16.0 Å². The third kappa shape index (κ3) is 2.32. The minimum absolute atomic E-state index is 0.151. The first kappa shape index (κ1) is 10.7. The minimum atomic E-state index is -0.394. The van der Waals surface area contributed by atoms with Crippen LogP contribution < -0.4 is 11.5 Å². The van der Waals surface area contributed by atoms with Crippen LogP contribution in [0.15, 0.2) is 12.5 Å². The predicted molar refractivity (Wildman–Crippen MR) is 53.4 cm³/mol. The summed E-state index contributed by atoms with van der Waals surface area (Å²) >= 11 is 0. The van der Waals surface area contributed by atoms with E-state index in [1.165, 1.54) is 0 Å². The van der Waals surface area contributed by atoms with Gasteiger partial charge in [0.2, 0.25) is 5.91 Å². The number of primary amides is 1. The van der Waals surface area contributed by atoms with Gasteiger partial charge in [-0.3, -0.25) is 4.79 Å². The van der Waals surface area contributed by atoms with Crippen LogP contribution in [0.25, 0.3) is 0 Å². The van der Waals surface area contributed by atoms with Crippen molar-refractivity contribution in [2.24, 2.45) is 11.5 Å². The third-order valence-electron chi connectivity index (χ3n) is 2.05. The van der Waals surface area contributed by atoms with E-state index in [9.17, 15) is 4.79 Å². The van der Waals surface area contributed by atoms with Crippen LogP contribution >= 0.6 is 0 Å². The Kier molecular flexibility index (Phi) is 3.24. The number of nitrogens with two attached hydrogens (primary N) is 2. The fraction of sp³-hybridized carbons (Fsp3) is 0.556. The van der Waals surface area contributed by atoms with Gasteiger partial charge >= 0.3 is 0 Å². The van der Waals surface area contributed by atoms with Crippen molar-refractivity contribution in [1.82, 2.24) is 9.55 Å². The quantitative estimate of drug-likeness (QED) is 0.728. The van der Waals surface area contributed by atoms with E-state index in [1.54, 1.807) is 12.5 Å². The van der Waals surface area contributed by atoms with Crippen molar-refractivity contribution in [3.8, 4) is 0 Å². The van der Waals surface area contributed by atoms with Crippen molar-refractivity contribution in [3.05, 3.63) is 18.2 Å². The van der Waals surface area contributed by atoms with E-state index in [1.807, 2.05) is 18.4 Å². The maximum Gasteiger partial charge on any atom is 0.219 e. The van der Waals surface area contributed by atoms with Gasteiger partial charge in [0.05, 0.1) is 18.1 Å². The van der Waals surface area contributed by atoms with Gasteiger partial charge in [-0.05, 0) is 13.8 Å². The molecule has 1 aromatic heterocycles. The summed E-state index contributed by atoms with van der Waals surface area (Å²) in [5, 5.41) is 0. The minimum Gasteiger partial charge on any atom is -0.370 e. The molecule has 1 aromatic rings. The second-order valence-corrected chi connectivity index (χ2v) is 3.60. The zero-order valence-corrected chi connectivity index (χ0v) is 8.47. The predicted octanol–water partition coefficient (Wildman–Crippen LogP) is 0.339. The lowest BCUT2D eigenvalue weighted by Crippen LogP contribution is -2.23. The Balaban J connectivity index is 2.83. The molecular formula is C9H16N4O. The molecule has 4 N–H and O–H groups in total. The van der Waals surface area contributed by atoms with Gasteiger partial charge in [0.1, 0.15) is 0 Å². The van der Waals surface area contributed by atoms with Gasteiger partial charge in [-0.1, -0.05) is 0 Å². The average Bonchev–Trinajstić information content (AvgIpc) is 2.49. The molecule has 0 aliphatic rings. The van der Waals surface area contributed by atoms with Crippen LogP contribution in [-0.2, 0) is 4.79 Å². The summed E-state index contributed by atoms with van der Waals surface area (Å²) in [6, 6.07) is -0.0798. The number of rotatable bonds is 4. The van der Waals surface area contributed by atoms with Gasteiger partial charge in [0.25, 0.3) is 0 Å². The number of nitrogens with zero attached hydrogens (tertiary/aromatic N) is 2. The molecule has 0 bridgehead atoms. The second kappa shape index (κ2) is 4.23. The highest BCUT2D eigenvalue weighted by atomic mass is 16.1. The van der Waals surface area contributed by atoms with Gasteiger partial charge in [-0.25, -0.2) is 4.98 Å². The largest absolute Gasteiger partial charge is 0.370 e. The molecule has 1 atom stereocenters. The fourth-order valence-corrected chi connectivity index (χ4v) is 1.35. The molecule has 0 saturated carbocycles. The average molecular weight is 196 g/mol. The highest BCUT2D eigenvalue weighted by Gasteiger charge is 2.14. The number of imidazole rings is 1. The molecule has 0 saturated heterocycles. The molecular weight excluding hydrogens is 180 g/mol. The number of carbonyl (C=O) groups is 1. The first-order valence-electron chi connectivity index (χ1n) is 4.58. The fourth-order valence-electron chi connectivity index (χ4n) is 1.35. The van der Waals surface area contributed by atoms with E-state index in [0.29, 0.717) is 0 Å². The van der Waals surface area contributed by atoms with Crippen LogP contribution in [0.2, 0.25) is 0 Å². The maximum atomic E-state index is 10.7. The van der Waals surface area contributed by atoms with Crippen molar-refractivity contribution < 1.29 is 4.79 Å². The standard InChI is InChI=1S/C9H16N4O/c1-6(2)13-5-12-4-8(13)7(10)3-9(11)14/h4-7H,3,10H2,1-2H3,(H2,11,14)/t7-/m0/s1. The van der Waals surface area contributed by atoms with Crippen molar-refractivity contribution >= 4 is 5.91 Å². The molecule has 0 unspecified atom stereocenters. The van der Waals surface area contributed by atoms with Crippen molar-refractivity contribution in [2.45, 2.75) is 32.4 Å². The van der Waals surface area contributed by atoms with Gasteiger partial charge in [-0.2, -0.15) is 0 Å².